The fourth-order valence-electron chi connectivity index (χ4n) is 2.67. The molecule has 0 aliphatic carbocycles. The van der Waals surface area contributed by atoms with Gasteiger partial charge in [-0.25, -0.2) is 0 Å². The van der Waals surface area contributed by atoms with E-state index in [1.807, 2.05) is 0 Å². The standard InChI is InChI=1S/C15H17N.ClH/c1-2-8-13-12(6-1)7-5-9-14(13)15-10-3-4-11-16-15;/h1-2,5-9,15-16H,3-4,10-11H2;1H/t15-;/m0./s1. The van der Waals surface area contributed by atoms with Crippen molar-refractivity contribution in [1.82, 2.24) is 5.32 Å². The van der Waals surface area contributed by atoms with Crippen molar-refractivity contribution >= 4 is 23.2 Å². The fraction of sp³-hybridized carbons (Fsp3) is 0.333. The van der Waals surface area contributed by atoms with E-state index in [4.69, 9.17) is 0 Å². The largest absolute Gasteiger partial charge is 0.310 e. The zero-order chi connectivity index (χ0) is 10.8. The van der Waals surface area contributed by atoms with E-state index in [0.717, 1.165) is 6.54 Å². The van der Waals surface area contributed by atoms with Gasteiger partial charge in [-0.3, -0.25) is 0 Å². The van der Waals surface area contributed by atoms with Gasteiger partial charge in [-0.15, -0.1) is 12.4 Å². The van der Waals surface area contributed by atoms with E-state index < -0.39 is 0 Å². The van der Waals surface area contributed by atoms with Gasteiger partial charge in [0, 0.05) is 6.04 Å². The smallest absolute Gasteiger partial charge is 0.0326 e. The maximum atomic E-state index is 3.63. The van der Waals surface area contributed by atoms with Crippen molar-refractivity contribution < 1.29 is 0 Å². The lowest BCUT2D eigenvalue weighted by Crippen LogP contribution is -2.26. The number of fused-ring (bicyclic) bond motifs is 1. The van der Waals surface area contributed by atoms with E-state index in [9.17, 15) is 0 Å². The second kappa shape index (κ2) is 5.52. The number of piperidine rings is 1. The van der Waals surface area contributed by atoms with Crippen LogP contribution >= 0.6 is 12.4 Å². The summed E-state index contributed by atoms with van der Waals surface area (Å²) in [6, 6.07) is 15.9. The lowest BCUT2D eigenvalue weighted by molar-refractivity contribution is 0.414. The molecule has 0 unspecified atom stereocenters. The van der Waals surface area contributed by atoms with Gasteiger partial charge >= 0.3 is 0 Å². The molecule has 0 saturated carbocycles. The Labute approximate surface area is 109 Å². The minimum absolute atomic E-state index is 0. The molecule has 17 heavy (non-hydrogen) atoms. The minimum Gasteiger partial charge on any atom is -0.310 e. The summed E-state index contributed by atoms with van der Waals surface area (Å²) >= 11 is 0. The van der Waals surface area contributed by atoms with Crippen molar-refractivity contribution in [2.24, 2.45) is 0 Å². The van der Waals surface area contributed by atoms with Gasteiger partial charge in [0.1, 0.15) is 0 Å². The molecular formula is C15H18ClN. The Bertz CT molecular complexity index is 484. The highest BCUT2D eigenvalue weighted by Crippen LogP contribution is 2.29. The van der Waals surface area contributed by atoms with Gasteiger partial charge in [0.25, 0.3) is 0 Å². The summed E-state index contributed by atoms with van der Waals surface area (Å²) in [7, 11) is 0. The van der Waals surface area contributed by atoms with E-state index in [2.05, 4.69) is 47.8 Å². The zero-order valence-electron chi connectivity index (χ0n) is 9.86. The van der Waals surface area contributed by atoms with Crippen molar-refractivity contribution in [2.75, 3.05) is 6.54 Å². The first-order chi connectivity index (χ1) is 7.95. The number of hydrogen-bond acceptors (Lipinski definition) is 1. The summed E-state index contributed by atoms with van der Waals surface area (Å²) in [5, 5.41) is 6.39. The highest BCUT2D eigenvalue weighted by Gasteiger charge is 2.16. The lowest BCUT2D eigenvalue weighted by atomic mass is 9.93. The van der Waals surface area contributed by atoms with Crippen LogP contribution in [0.1, 0.15) is 30.9 Å². The third-order valence-corrected chi connectivity index (χ3v) is 3.51. The van der Waals surface area contributed by atoms with Crippen LogP contribution in [0, 0.1) is 0 Å². The summed E-state index contributed by atoms with van der Waals surface area (Å²) in [6.45, 7) is 1.16. The molecule has 0 spiro atoms. The Hall–Kier alpha value is -1.05. The number of rotatable bonds is 1. The predicted molar refractivity (Wildman–Crippen MR) is 75.8 cm³/mol. The average Bonchev–Trinajstić information content (AvgIpc) is 2.39. The first kappa shape index (κ1) is 12.4. The van der Waals surface area contributed by atoms with Gasteiger partial charge in [0.2, 0.25) is 0 Å². The Morgan fingerprint density at radius 3 is 2.59 bits per heavy atom. The first-order valence-electron chi connectivity index (χ1n) is 6.16. The van der Waals surface area contributed by atoms with Crippen LogP contribution in [0.2, 0.25) is 0 Å². The third-order valence-electron chi connectivity index (χ3n) is 3.51. The van der Waals surface area contributed by atoms with Crippen molar-refractivity contribution in [3.63, 3.8) is 0 Å². The van der Waals surface area contributed by atoms with Crippen LogP contribution in [0.5, 0.6) is 0 Å². The summed E-state index contributed by atoms with van der Waals surface area (Å²) < 4.78 is 0. The van der Waals surface area contributed by atoms with E-state index in [0.29, 0.717) is 6.04 Å². The number of nitrogens with one attached hydrogen (secondary N) is 1. The maximum Gasteiger partial charge on any atom is 0.0326 e. The highest BCUT2D eigenvalue weighted by atomic mass is 35.5. The van der Waals surface area contributed by atoms with E-state index >= 15 is 0 Å². The van der Waals surface area contributed by atoms with Gasteiger partial charge in [-0.1, -0.05) is 48.9 Å². The third kappa shape index (κ3) is 2.46. The van der Waals surface area contributed by atoms with Gasteiger partial charge < -0.3 is 5.32 Å². The maximum absolute atomic E-state index is 3.63. The Balaban J connectivity index is 0.00000108. The topological polar surface area (TPSA) is 12.0 Å². The van der Waals surface area contributed by atoms with Crippen LogP contribution in [0.25, 0.3) is 10.8 Å². The normalized spacial score (nSPS) is 19.9. The number of benzene rings is 2. The Kier molecular flexibility index (Phi) is 4.03. The predicted octanol–water partition coefficient (Wildman–Crippen LogP) is 4.08. The quantitative estimate of drug-likeness (QED) is 0.801. The first-order valence-corrected chi connectivity index (χ1v) is 6.16. The minimum atomic E-state index is 0. The van der Waals surface area contributed by atoms with Gasteiger partial charge in [0.05, 0.1) is 0 Å². The summed E-state index contributed by atoms with van der Waals surface area (Å²) in [6.07, 6.45) is 3.94. The molecule has 1 heterocycles. The molecule has 1 aliphatic heterocycles. The van der Waals surface area contributed by atoms with Crippen molar-refractivity contribution in [3.05, 3.63) is 48.0 Å². The fourth-order valence-corrected chi connectivity index (χ4v) is 2.67. The van der Waals surface area contributed by atoms with Crippen LogP contribution in [-0.4, -0.2) is 6.54 Å². The molecule has 0 aromatic heterocycles. The molecule has 1 saturated heterocycles. The molecule has 3 rings (SSSR count). The van der Waals surface area contributed by atoms with Crippen molar-refractivity contribution in [2.45, 2.75) is 25.3 Å². The zero-order valence-corrected chi connectivity index (χ0v) is 10.7. The SMILES string of the molecule is Cl.c1ccc2c([C@@H]3CCCCN3)cccc2c1. The molecular weight excluding hydrogens is 230 g/mol. The average molecular weight is 248 g/mol. The second-order valence-corrected chi connectivity index (χ2v) is 4.57. The molecule has 2 aromatic rings. The molecule has 0 radical (unpaired) electrons. The molecule has 0 amide bonds. The summed E-state index contributed by atoms with van der Waals surface area (Å²) in [4.78, 5) is 0. The van der Waals surface area contributed by atoms with Crippen LogP contribution in [0.4, 0.5) is 0 Å². The monoisotopic (exact) mass is 247 g/mol. The van der Waals surface area contributed by atoms with E-state index in [1.54, 1.807) is 0 Å². The molecule has 1 N–H and O–H groups in total. The molecule has 2 heteroatoms. The van der Waals surface area contributed by atoms with Crippen LogP contribution < -0.4 is 5.32 Å². The lowest BCUT2D eigenvalue weighted by Gasteiger charge is -2.25. The molecule has 2 aromatic carbocycles. The van der Waals surface area contributed by atoms with Crippen molar-refractivity contribution in [3.8, 4) is 0 Å². The number of hydrogen-bond donors (Lipinski definition) is 1. The van der Waals surface area contributed by atoms with E-state index in [1.165, 1.54) is 35.6 Å². The Morgan fingerprint density at radius 1 is 0.941 bits per heavy atom. The second-order valence-electron chi connectivity index (χ2n) is 4.57. The van der Waals surface area contributed by atoms with Gasteiger partial charge in [0.15, 0.2) is 0 Å². The molecule has 1 fully saturated rings. The number of halogens is 1. The van der Waals surface area contributed by atoms with Gasteiger partial charge in [-0.2, -0.15) is 0 Å². The Morgan fingerprint density at radius 2 is 1.76 bits per heavy atom. The molecule has 90 valence electrons. The molecule has 1 aliphatic rings. The van der Waals surface area contributed by atoms with E-state index in [-0.39, 0.29) is 12.4 Å². The highest BCUT2D eigenvalue weighted by molar-refractivity contribution is 5.86. The summed E-state index contributed by atoms with van der Waals surface area (Å²) in [5.74, 6) is 0. The van der Waals surface area contributed by atoms with Crippen LogP contribution in [0.15, 0.2) is 42.5 Å². The molecule has 1 nitrogen and oxygen atoms in total. The van der Waals surface area contributed by atoms with Crippen molar-refractivity contribution in [1.29, 1.82) is 0 Å². The molecule has 1 atom stereocenters. The van der Waals surface area contributed by atoms with Crippen LogP contribution in [-0.2, 0) is 0 Å². The summed E-state index contributed by atoms with van der Waals surface area (Å²) in [5.41, 5.74) is 1.47. The van der Waals surface area contributed by atoms with Gasteiger partial charge in [-0.05, 0) is 35.7 Å². The van der Waals surface area contributed by atoms with Crippen LogP contribution in [0.3, 0.4) is 0 Å². The molecule has 0 bridgehead atoms.